The van der Waals surface area contributed by atoms with E-state index in [0.29, 0.717) is 6.42 Å². The molecule has 5 nitrogen and oxygen atoms in total. The minimum atomic E-state index is -0.691. The lowest BCUT2D eigenvalue weighted by Gasteiger charge is -2.22. The molecule has 0 aliphatic rings. The molecule has 0 radical (unpaired) electrons. The topological polar surface area (TPSA) is 64.6 Å². The highest BCUT2D eigenvalue weighted by atomic mass is 79.9. The fraction of sp³-hybridized carbons (Fsp3) is 0.714. The molecule has 0 aromatic heterocycles. The zero-order chi connectivity index (χ0) is 15.6. The predicted molar refractivity (Wildman–Crippen MR) is 82.0 cm³/mol. The first kappa shape index (κ1) is 19.0. The van der Waals surface area contributed by atoms with Gasteiger partial charge in [0.1, 0.15) is 18.2 Å². The first-order valence-corrected chi connectivity index (χ1v) is 7.75. The number of amides is 1. The lowest BCUT2D eigenvalue weighted by molar-refractivity contribution is -0.145. The van der Waals surface area contributed by atoms with Crippen LogP contribution < -0.4 is 5.32 Å². The van der Waals surface area contributed by atoms with Crippen molar-refractivity contribution in [2.75, 3.05) is 11.9 Å². The number of unbranched alkanes of at least 4 members (excludes halogenated alkanes) is 1. The van der Waals surface area contributed by atoms with Crippen molar-refractivity contribution < 1.29 is 19.1 Å². The fourth-order valence-electron chi connectivity index (χ4n) is 1.38. The van der Waals surface area contributed by atoms with Crippen LogP contribution >= 0.6 is 15.9 Å². The maximum atomic E-state index is 11.8. The third-order valence-corrected chi connectivity index (χ3v) is 2.76. The summed E-state index contributed by atoms with van der Waals surface area (Å²) < 4.78 is 10.1. The summed E-state index contributed by atoms with van der Waals surface area (Å²) in [7, 11) is 0. The van der Waals surface area contributed by atoms with Crippen molar-refractivity contribution >= 4 is 28.0 Å². The molecule has 0 aromatic rings. The number of hydrogen-bond donors (Lipinski definition) is 1. The van der Waals surface area contributed by atoms with Crippen molar-refractivity contribution in [1.82, 2.24) is 5.32 Å². The molecule has 6 heteroatoms. The molecule has 1 atom stereocenters. The van der Waals surface area contributed by atoms with E-state index in [1.807, 2.05) is 0 Å². The Balaban J connectivity index is 4.46. The summed E-state index contributed by atoms with van der Waals surface area (Å²) in [5.74, 6) is -0.467. The summed E-state index contributed by atoms with van der Waals surface area (Å²) in [6.07, 6.45) is 3.11. The van der Waals surface area contributed by atoms with Gasteiger partial charge in [0.2, 0.25) is 0 Å². The van der Waals surface area contributed by atoms with E-state index in [2.05, 4.69) is 27.8 Å². The van der Waals surface area contributed by atoms with Gasteiger partial charge in [-0.15, -0.1) is 0 Å². The number of rotatable bonds is 8. The van der Waals surface area contributed by atoms with Crippen LogP contribution in [0.4, 0.5) is 4.79 Å². The van der Waals surface area contributed by atoms with Gasteiger partial charge < -0.3 is 14.8 Å². The quantitative estimate of drug-likeness (QED) is 0.316. The van der Waals surface area contributed by atoms with E-state index >= 15 is 0 Å². The molecule has 0 rings (SSSR count). The number of esters is 1. The number of carbonyl (C=O) groups is 2. The first-order chi connectivity index (χ1) is 9.30. The van der Waals surface area contributed by atoms with E-state index in [9.17, 15) is 9.59 Å². The van der Waals surface area contributed by atoms with Crippen LogP contribution in [0.5, 0.6) is 0 Å². The number of nitrogens with one attached hydrogen (secondary N) is 1. The monoisotopic (exact) mass is 349 g/mol. The van der Waals surface area contributed by atoms with Gasteiger partial charge in [0.25, 0.3) is 0 Å². The van der Waals surface area contributed by atoms with Gasteiger partial charge in [0.05, 0.1) is 0 Å². The van der Waals surface area contributed by atoms with Gasteiger partial charge in [-0.3, -0.25) is 0 Å². The highest BCUT2D eigenvalue weighted by molar-refractivity contribution is 9.09. The normalized spacial score (nSPS) is 12.4. The number of alkyl carbamates (subject to hydrolysis) is 1. The fourth-order valence-corrected chi connectivity index (χ4v) is 1.78. The van der Waals surface area contributed by atoms with Crippen molar-refractivity contribution in [3.05, 3.63) is 12.7 Å². The third-order valence-electron chi connectivity index (χ3n) is 2.20. The van der Waals surface area contributed by atoms with Crippen molar-refractivity contribution in [2.24, 2.45) is 0 Å². The zero-order valence-corrected chi connectivity index (χ0v) is 14.0. The second kappa shape index (κ2) is 9.80. The Morgan fingerprint density at radius 2 is 2.00 bits per heavy atom. The zero-order valence-electron chi connectivity index (χ0n) is 12.4. The number of alkyl halides is 1. The maximum absolute atomic E-state index is 11.8. The van der Waals surface area contributed by atoms with Gasteiger partial charge in [-0.25, -0.2) is 9.59 Å². The molecule has 1 amide bonds. The molecule has 0 bridgehead atoms. The van der Waals surface area contributed by atoms with Crippen LogP contribution in [0.3, 0.4) is 0 Å². The molecule has 0 saturated heterocycles. The second-order valence-electron chi connectivity index (χ2n) is 5.30. The summed E-state index contributed by atoms with van der Waals surface area (Å²) >= 11 is 3.33. The van der Waals surface area contributed by atoms with Gasteiger partial charge in [-0.05, 0) is 40.0 Å². The smallest absolute Gasteiger partial charge is 0.408 e. The molecule has 0 unspecified atom stereocenters. The summed E-state index contributed by atoms with van der Waals surface area (Å²) in [6.45, 7) is 8.91. The molecular weight excluding hydrogens is 326 g/mol. The highest BCUT2D eigenvalue weighted by Gasteiger charge is 2.24. The highest BCUT2D eigenvalue weighted by Crippen LogP contribution is 2.09. The minimum Gasteiger partial charge on any atom is -0.460 e. The van der Waals surface area contributed by atoms with E-state index < -0.39 is 23.7 Å². The van der Waals surface area contributed by atoms with Crippen molar-refractivity contribution in [1.29, 1.82) is 0 Å². The average molecular weight is 350 g/mol. The summed E-state index contributed by atoms with van der Waals surface area (Å²) in [5, 5.41) is 3.41. The summed E-state index contributed by atoms with van der Waals surface area (Å²) in [6, 6.07) is -0.691. The molecule has 20 heavy (non-hydrogen) atoms. The third kappa shape index (κ3) is 9.83. The van der Waals surface area contributed by atoms with E-state index in [-0.39, 0.29) is 6.61 Å². The van der Waals surface area contributed by atoms with Crippen LogP contribution in [-0.2, 0) is 14.3 Å². The number of halogens is 1. The lowest BCUT2D eigenvalue weighted by Crippen LogP contribution is -2.44. The van der Waals surface area contributed by atoms with Crippen LogP contribution in [0.1, 0.15) is 40.0 Å². The van der Waals surface area contributed by atoms with Crippen molar-refractivity contribution in [3.63, 3.8) is 0 Å². The number of carbonyl (C=O) groups excluding carboxylic acids is 2. The first-order valence-electron chi connectivity index (χ1n) is 6.63. The Kier molecular flexibility index (Phi) is 9.29. The van der Waals surface area contributed by atoms with Crippen LogP contribution in [0.2, 0.25) is 0 Å². The largest absolute Gasteiger partial charge is 0.460 e. The molecule has 0 aliphatic carbocycles. The molecular formula is C14H24BrNO4. The number of hydrogen-bond acceptors (Lipinski definition) is 4. The summed E-state index contributed by atoms with van der Waals surface area (Å²) in [4.78, 5) is 23.6. The van der Waals surface area contributed by atoms with Crippen molar-refractivity contribution in [3.8, 4) is 0 Å². The Hall–Kier alpha value is -1.04. The Morgan fingerprint density at radius 1 is 1.35 bits per heavy atom. The molecule has 1 N–H and O–H groups in total. The van der Waals surface area contributed by atoms with Crippen molar-refractivity contribution in [2.45, 2.75) is 51.7 Å². The Bertz CT molecular complexity index is 326. The molecule has 116 valence electrons. The summed E-state index contributed by atoms with van der Waals surface area (Å²) in [5.41, 5.74) is -0.602. The average Bonchev–Trinajstić information content (AvgIpc) is 2.32. The van der Waals surface area contributed by atoms with Crippen LogP contribution in [0, 0.1) is 0 Å². The maximum Gasteiger partial charge on any atom is 0.408 e. The van der Waals surface area contributed by atoms with E-state index in [4.69, 9.17) is 9.47 Å². The molecule has 0 aliphatic heterocycles. The minimum absolute atomic E-state index is 0.129. The molecule has 0 aromatic carbocycles. The van der Waals surface area contributed by atoms with Gasteiger partial charge >= 0.3 is 12.1 Å². The SMILES string of the molecule is C=CCOC(=O)[C@H](CCCCBr)NC(=O)OC(C)(C)C. The molecule has 0 heterocycles. The standard InChI is InChI=1S/C14H24BrNO4/c1-5-10-19-12(17)11(8-6-7-9-15)16-13(18)20-14(2,3)4/h5,11H,1,6-10H2,2-4H3,(H,16,18)/t11-/m0/s1. The van der Waals surface area contributed by atoms with E-state index in [0.717, 1.165) is 18.2 Å². The molecule has 0 fully saturated rings. The molecule has 0 saturated carbocycles. The van der Waals surface area contributed by atoms with Crippen LogP contribution in [0.15, 0.2) is 12.7 Å². The lowest BCUT2D eigenvalue weighted by atomic mass is 10.1. The second-order valence-corrected chi connectivity index (χ2v) is 6.10. The Labute approximate surface area is 129 Å². The van der Waals surface area contributed by atoms with Gasteiger partial charge in [-0.1, -0.05) is 28.6 Å². The predicted octanol–water partition coefficient (Wildman–Crippen LogP) is 3.17. The Morgan fingerprint density at radius 3 is 2.50 bits per heavy atom. The van der Waals surface area contributed by atoms with E-state index in [1.165, 1.54) is 6.08 Å². The van der Waals surface area contributed by atoms with E-state index in [1.54, 1.807) is 20.8 Å². The van der Waals surface area contributed by atoms with Gasteiger partial charge in [-0.2, -0.15) is 0 Å². The van der Waals surface area contributed by atoms with Crippen LogP contribution in [0.25, 0.3) is 0 Å². The van der Waals surface area contributed by atoms with Gasteiger partial charge in [0, 0.05) is 5.33 Å². The molecule has 0 spiro atoms. The van der Waals surface area contributed by atoms with Gasteiger partial charge in [0.15, 0.2) is 0 Å². The van der Waals surface area contributed by atoms with Crippen LogP contribution in [-0.4, -0.2) is 35.6 Å². The number of ether oxygens (including phenoxy) is 2.